The molecule has 2 aliphatic heterocycles. The van der Waals surface area contributed by atoms with Crippen LogP contribution in [0.5, 0.6) is 17.2 Å². The van der Waals surface area contributed by atoms with Gasteiger partial charge in [-0.05, 0) is 85.8 Å². The number of hydrogen-bond donors (Lipinski definition) is 1. The molecule has 3 aromatic rings. The van der Waals surface area contributed by atoms with Crippen LogP contribution in [-0.2, 0) is 0 Å². The Kier molecular flexibility index (Phi) is 7.34. The molecule has 196 valence electrons. The first-order valence-corrected chi connectivity index (χ1v) is 13.2. The number of allylic oxidation sites excluding steroid dienone is 1. The summed E-state index contributed by atoms with van der Waals surface area (Å²) in [4.78, 5) is 2.46. The predicted molar refractivity (Wildman–Crippen MR) is 147 cm³/mol. The molecule has 7 heteroatoms. The van der Waals surface area contributed by atoms with Crippen LogP contribution in [-0.4, -0.2) is 35.7 Å². The van der Waals surface area contributed by atoms with E-state index >= 15 is 4.39 Å². The van der Waals surface area contributed by atoms with Crippen molar-refractivity contribution in [2.45, 2.75) is 39.3 Å². The molecule has 1 N–H and O–H groups in total. The molecule has 3 atom stereocenters. The van der Waals surface area contributed by atoms with Crippen LogP contribution in [0.15, 0.2) is 54.6 Å². The molecule has 5 rings (SSSR count). The topological polar surface area (TPSA) is 65.7 Å². The highest BCUT2D eigenvalue weighted by atomic mass is 35.5. The smallest absolute Gasteiger partial charge is 0.176 e. The van der Waals surface area contributed by atoms with Crippen LogP contribution in [0.1, 0.15) is 55.5 Å². The van der Waals surface area contributed by atoms with Crippen LogP contribution in [0.3, 0.4) is 0 Å². The molecule has 1 unspecified atom stereocenters. The molecular formula is C31H30ClFN2O3. The summed E-state index contributed by atoms with van der Waals surface area (Å²) in [5, 5.41) is 20.3. The normalized spacial score (nSPS) is 20.0. The lowest BCUT2D eigenvalue weighted by Gasteiger charge is -2.32. The number of nitrogens with zero attached hydrogens (tertiary/aromatic N) is 2. The van der Waals surface area contributed by atoms with Crippen LogP contribution in [0.25, 0.3) is 11.1 Å². The summed E-state index contributed by atoms with van der Waals surface area (Å²) in [5.41, 5.74) is 3.18. The van der Waals surface area contributed by atoms with Gasteiger partial charge in [0.2, 0.25) is 0 Å². The molecular weight excluding hydrogens is 503 g/mol. The molecule has 2 aliphatic rings. The zero-order chi connectivity index (χ0) is 27.0. The molecule has 0 spiro atoms. The highest BCUT2D eigenvalue weighted by Crippen LogP contribution is 2.49. The summed E-state index contributed by atoms with van der Waals surface area (Å²) in [6.45, 7) is 9.06. The standard InChI is InChI=1S/C31H30ClFN2O3/c1-18-12-13-35(16-18)19(2)17-37-24-7-4-21(5-8-24)31-28(25-9-6-23(32)14-22(25)15-34)20(3)29-27(38-31)11-10-26(36)30(29)33/h4-11,14,18-19,31,36H,12-13,16-17H2,1-3H3/t18-,19+,31?/m1/s1. The highest BCUT2D eigenvalue weighted by molar-refractivity contribution is 6.30. The van der Waals surface area contributed by atoms with E-state index in [0.29, 0.717) is 45.7 Å². The number of nitriles is 1. The molecule has 0 radical (unpaired) electrons. The minimum absolute atomic E-state index is 0.181. The third-order valence-corrected chi connectivity index (χ3v) is 7.75. The maximum atomic E-state index is 15.1. The van der Waals surface area contributed by atoms with Gasteiger partial charge in [-0.25, -0.2) is 4.39 Å². The molecule has 2 heterocycles. The molecule has 3 aromatic carbocycles. The van der Waals surface area contributed by atoms with E-state index in [0.717, 1.165) is 30.3 Å². The van der Waals surface area contributed by atoms with E-state index in [1.54, 1.807) is 31.2 Å². The monoisotopic (exact) mass is 532 g/mol. The number of benzene rings is 3. The Bertz CT molecular complexity index is 1430. The molecule has 5 nitrogen and oxygen atoms in total. The van der Waals surface area contributed by atoms with Crippen molar-refractivity contribution in [3.05, 3.63) is 87.7 Å². The number of hydrogen-bond acceptors (Lipinski definition) is 5. The minimum atomic E-state index is -0.756. The van der Waals surface area contributed by atoms with Crippen LogP contribution in [0.2, 0.25) is 5.02 Å². The molecule has 0 bridgehead atoms. The number of phenolic OH excluding ortho intramolecular Hbond substituents is 1. The van der Waals surface area contributed by atoms with E-state index in [2.05, 4.69) is 24.8 Å². The van der Waals surface area contributed by atoms with E-state index in [-0.39, 0.29) is 5.56 Å². The third-order valence-electron chi connectivity index (χ3n) is 7.51. The van der Waals surface area contributed by atoms with Crippen LogP contribution >= 0.6 is 11.6 Å². The van der Waals surface area contributed by atoms with Gasteiger partial charge in [0.15, 0.2) is 11.6 Å². The van der Waals surface area contributed by atoms with Crippen LogP contribution in [0, 0.1) is 23.1 Å². The predicted octanol–water partition coefficient (Wildman–Crippen LogP) is 7.23. The lowest BCUT2D eigenvalue weighted by molar-refractivity contribution is 0.169. The number of likely N-dealkylation sites (tertiary alicyclic amines) is 1. The van der Waals surface area contributed by atoms with E-state index in [4.69, 9.17) is 21.1 Å². The summed E-state index contributed by atoms with van der Waals surface area (Å²) in [6, 6.07) is 18.1. The summed E-state index contributed by atoms with van der Waals surface area (Å²) in [6.07, 6.45) is 0.613. The van der Waals surface area contributed by atoms with Gasteiger partial charge < -0.3 is 14.6 Å². The van der Waals surface area contributed by atoms with Crippen molar-refractivity contribution in [2.24, 2.45) is 5.92 Å². The Balaban J connectivity index is 1.48. The zero-order valence-electron chi connectivity index (χ0n) is 21.7. The minimum Gasteiger partial charge on any atom is -0.505 e. The quantitative estimate of drug-likeness (QED) is 0.363. The molecule has 1 fully saturated rings. The lowest BCUT2D eigenvalue weighted by atomic mass is 9.84. The van der Waals surface area contributed by atoms with Crippen molar-refractivity contribution in [2.75, 3.05) is 19.7 Å². The average Bonchev–Trinajstić information content (AvgIpc) is 3.36. The second-order valence-electron chi connectivity index (χ2n) is 10.2. The average molecular weight is 533 g/mol. The van der Waals surface area contributed by atoms with E-state index in [1.165, 1.54) is 12.5 Å². The van der Waals surface area contributed by atoms with Gasteiger partial charge in [0, 0.05) is 23.2 Å². The van der Waals surface area contributed by atoms with Crippen molar-refractivity contribution in [3.63, 3.8) is 0 Å². The van der Waals surface area contributed by atoms with Crippen molar-refractivity contribution in [1.82, 2.24) is 4.90 Å². The van der Waals surface area contributed by atoms with Crippen LogP contribution in [0.4, 0.5) is 4.39 Å². The second kappa shape index (κ2) is 10.7. The van der Waals surface area contributed by atoms with Crippen molar-refractivity contribution >= 4 is 22.7 Å². The van der Waals surface area contributed by atoms with E-state index < -0.39 is 17.7 Å². The Labute approximate surface area is 227 Å². The SMILES string of the molecule is CC1=C(c2ccc(Cl)cc2C#N)C(c2ccc(OC[C@H](C)N3CC[C@@H](C)C3)cc2)Oc2ccc(O)c(F)c21. The maximum absolute atomic E-state index is 15.1. The van der Waals surface area contributed by atoms with Crippen molar-refractivity contribution in [1.29, 1.82) is 5.26 Å². The molecule has 38 heavy (non-hydrogen) atoms. The lowest BCUT2D eigenvalue weighted by Crippen LogP contribution is -2.35. The molecule has 0 saturated carbocycles. The number of fused-ring (bicyclic) bond motifs is 1. The summed E-state index contributed by atoms with van der Waals surface area (Å²) in [7, 11) is 0. The van der Waals surface area contributed by atoms with E-state index in [9.17, 15) is 10.4 Å². The summed E-state index contributed by atoms with van der Waals surface area (Å²) >= 11 is 6.16. The number of halogens is 2. The number of aromatic hydroxyl groups is 1. The second-order valence-corrected chi connectivity index (χ2v) is 10.7. The van der Waals surface area contributed by atoms with Gasteiger partial charge in [-0.3, -0.25) is 4.90 Å². The summed E-state index contributed by atoms with van der Waals surface area (Å²) < 4.78 is 27.5. The highest BCUT2D eigenvalue weighted by Gasteiger charge is 2.33. The Morgan fingerprint density at radius 2 is 1.97 bits per heavy atom. The van der Waals surface area contributed by atoms with Gasteiger partial charge in [-0.15, -0.1) is 0 Å². The fourth-order valence-electron chi connectivity index (χ4n) is 5.36. The first-order chi connectivity index (χ1) is 18.3. The van der Waals surface area contributed by atoms with Gasteiger partial charge in [0.05, 0.1) is 17.2 Å². The fraction of sp³-hybridized carbons (Fsp3) is 0.323. The summed E-state index contributed by atoms with van der Waals surface area (Å²) in [5.74, 6) is 0.594. The fourth-order valence-corrected chi connectivity index (χ4v) is 5.54. The molecule has 1 saturated heterocycles. The molecule has 0 aromatic heterocycles. The van der Waals surface area contributed by atoms with Crippen LogP contribution < -0.4 is 9.47 Å². The first kappa shape index (κ1) is 26.1. The number of rotatable bonds is 6. The largest absolute Gasteiger partial charge is 0.505 e. The van der Waals surface area contributed by atoms with Crippen molar-refractivity contribution < 1.29 is 19.0 Å². The molecule has 0 amide bonds. The maximum Gasteiger partial charge on any atom is 0.176 e. The van der Waals surface area contributed by atoms with Gasteiger partial charge in [-0.1, -0.05) is 36.7 Å². The Morgan fingerprint density at radius 1 is 1.21 bits per heavy atom. The van der Waals surface area contributed by atoms with Gasteiger partial charge in [-0.2, -0.15) is 5.26 Å². The van der Waals surface area contributed by atoms with Gasteiger partial charge in [0.25, 0.3) is 0 Å². The number of phenols is 1. The van der Waals surface area contributed by atoms with Crippen molar-refractivity contribution in [3.8, 4) is 23.3 Å². The van der Waals surface area contributed by atoms with Gasteiger partial charge in [0.1, 0.15) is 24.2 Å². The van der Waals surface area contributed by atoms with Gasteiger partial charge >= 0.3 is 0 Å². The third kappa shape index (κ3) is 4.97. The Hall–Kier alpha value is -3.53. The first-order valence-electron chi connectivity index (χ1n) is 12.8. The Morgan fingerprint density at radius 3 is 2.66 bits per heavy atom. The zero-order valence-corrected chi connectivity index (χ0v) is 22.4. The van der Waals surface area contributed by atoms with E-state index in [1.807, 2.05) is 24.3 Å². The molecule has 0 aliphatic carbocycles. The number of ether oxygens (including phenoxy) is 2.